The summed E-state index contributed by atoms with van der Waals surface area (Å²) < 4.78 is 81.4. The van der Waals surface area contributed by atoms with E-state index in [-0.39, 0.29) is 28.5 Å². The van der Waals surface area contributed by atoms with Gasteiger partial charge in [0.05, 0.1) is 29.3 Å². The third-order valence-electron chi connectivity index (χ3n) is 7.10. The molecule has 2 amide bonds. The molecular formula is C26H26ClF6N11O. The number of amides is 2. The SMILES string of the molecule is CCn1cc(-c2cnc(N(C(=O)NCC(F)(F)F)C3CCC(Nc4ncc(C(F)(F)F)c(-c5n[nH]cc5Cl)n4)CC3)cn2)cn1. The van der Waals surface area contributed by atoms with Gasteiger partial charge in [0.2, 0.25) is 5.95 Å². The van der Waals surface area contributed by atoms with Gasteiger partial charge in [-0.1, -0.05) is 11.6 Å². The Morgan fingerprint density at radius 2 is 1.80 bits per heavy atom. The highest BCUT2D eigenvalue weighted by atomic mass is 35.5. The Balaban J connectivity index is 1.32. The minimum Gasteiger partial charge on any atom is -0.351 e. The molecule has 0 aliphatic heterocycles. The van der Waals surface area contributed by atoms with Crippen molar-refractivity contribution in [2.24, 2.45) is 0 Å². The summed E-state index contributed by atoms with van der Waals surface area (Å²) in [5.41, 5.74) is -0.660. The Morgan fingerprint density at radius 3 is 2.38 bits per heavy atom. The number of hydrogen-bond donors (Lipinski definition) is 3. The molecule has 5 rings (SSSR count). The van der Waals surface area contributed by atoms with E-state index < -0.39 is 42.2 Å². The van der Waals surface area contributed by atoms with Gasteiger partial charge in [-0.2, -0.15) is 36.5 Å². The van der Waals surface area contributed by atoms with Crippen LogP contribution in [0.3, 0.4) is 0 Å². The molecule has 1 fully saturated rings. The largest absolute Gasteiger partial charge is 0.420 e. The van der Waals surface area contributed by atoms with Gasteiger partial charge in [-0.3, -0.25) is 19.7 Å². The summed E-state index contributed by atoms with van der Waals surface area (Å²) in [6.45, 7) is 1.02. The zero-order valence-electron chi connectivity index (χ0n) is 23.5. The molecule has 45 heavy (non-hydrogen) atoms. The van der Waals surface area contributed by atoms with E-state index in [1.54, 1.807) is 17.1 Å². The van der Waals surface area contributed by atoms with Gasteiger partial charge in [-0.15, -0.1) is 0 Å². The number of aromatic nitrogens is 8. The Morgan fingerprint density at radius 1 is 1.04 bits per heavy atom. The van der Waals surface area contributed by atoms with Crippen molar-refractivity contribution in [3.05, 3.63) is 47.8 Å². The van der Waals surface area contributed by atoms with Crippen molar-refractivity contribution < 1.29 is 31.1 Å². The van der Waals surface area contributed by atoms with Crippen LogP contribution >= 0.6 is 11.6 Å². The van der Waals surface area contributed by atoms with Crippen molar-refractivity contribution in [2.75, 3.05) is 16.8 Å². The molecule has 0 unspecified atom stereocenters. The van der Waals surface area contributed by atoms with Crippen LogP contribution in [0.15, 0.2) is 37.2 Å². The minimum absolute atomic E-state index is 0.0540. The third kappa shape index (κ3) is 7.61. The Hall–Kier alpha value is -4.48. The summed E-state index contributed by atoms with van der Waals surface area (Å²) in [6, 6.07) is -1.86. The van der Waals surface area contributed by atoms with Crippen molar-refractivity contribution in [1.29, 1.82) is 0 Å². The topological polar surface area (TPSA) is 142 Å². The fraction of sp³-hybridized carbons (Fsp3) is 0.423. The third-order valence-corrected chi connectivity index (χ3v) is 7.39. The lowest BCUT2D eigenvalue weighted by Gasteiger charge is -2.36. The van der Waals surface area contributed by atoms with Crippen LogP contribution in [0.2, 0.25) is 5.02 Å². The highest BCUT2D eigenvalue weighted by Gasteiger charge is 2.38. The smallest absolute Gasteiger partial charge is 0.351 e. The number of aromatic amines is 1. The number of hydrogen-bond acceptors (Lipinski definition) is 8. The maximum absolute atomic E-state index is 13.6. The summed E-state index contributed by atoms with van der Waals surface area (Å²) >= 11 is 6.00. The van der Waals surface area contributed by atoms with Crippen LogP contribution in [0.5, 0.6) is 0 Å². The fourth-order valence-corrected chi connectivity index (χ4v) is 5.10. The number of alkyl halides is 6. The van der Waals surface area contributed by atoms with E-state index in [1.165, 1.54) is 18.6 Å². The number of rotatable bonds is 8. The van der Waals surface area contributed by atoms with Crippen LogP contribution in [0.1, 0.15) is 38.2 Å². The molecule has 0 atom stereocenters. The van der Waals surface area contributed by atoms with Gasteiger partial charge < -0.3 is 10.6 Å². The number of aryl methyl sites for hydroxylation is 1. The molecule has 0 bridgehead atoms. The minimum atomic E-state index is -4.76. The van der Waals surface area contributed by atoms with E-state index in [0.29, 0.717) is 49.7 Å². The molecule has 4 heterocycles. The number of carbonyl (C=O) groups excluding carboxylic acids is 1. The molecule has 4 aromatic rings. The molecular weight excluding hydrogens is 632 g/mol. The number of urea groups is 1. The molecule has 1 aliphatic rings. The number of nitrogens with zero attached hydrogens (tertiary/aromatic N) is 8. The monoisotopic (exact) mass is 657 g/mol. The first-order valence-corrected chi connectivity index (χ1v) is 14.1. The van der Waals surface area contributed by atoms with Crippen molar-refractivity contribution in [2.45, 2.75) is 63.6 Å². The highest BCUT2D eigenvalue weighted by molar-refractivity contribution is 6.32. The van der Waals surface area contributed by atoms with Crippen LogP contribution in [-0.4, -0.2) is 70.7 Å². The normalized spacial score (nSPS) is 17.2. The molecule has 19 heteroatoms. The zero-order chi connectivity index (χ0) is 32.4. The molecule has 1 saturated carbocycles. The molecule has 240 valence electrons. The molecule has 3 N–H and O–H groups in total. The average molecular weight is 658 g/mol. The number of H-pyrrole nitrogens is 1. The predicted molar refractivity (Wildman–Crippen MR) is 150 cm³/mol. The molecule has 0 aromatic carbocycles. The summed E-state index contributed by atoms with van der Waals surface area (Å²) in [5.74, 6) is -0.0301. The number of halogens is 7. The summed E-state index contributed by atoms with van der Waals surface area (Å²) in [7, 11) is 0. The van der Waals surface area contributed by atoms with Crippen molar-refractivity contribution in [3.63, 3.8) is 0 Å². The highest BCUT2D eigenvalue weighted by Crippen LogP contribution is 2.38. The second-order valence-corrected chi connectivity index (χ2v) is 10.6. The second kappa shape index (κ2) is 12.9. The second-order valence-electron chi connectivity index (χ2n) is 10.2. The molecule has 0 radical (unpaired) electrons. The summed E-state index contributed by atoms with van der Waals surface area (Å²) in [6.07, 6.45) is -0.0159. The van der Waals surface area contributed by atoms with Gasteiger partial charge in [0.1, 0.15) is 23.5 Å². The molecule has 0 saturated heterocycles. The molecule has 0 spiro atoms. The lowest BCUT2D eigenvalue weighted by Crippen LogP contribution is -2.50. The van der Waals surface area contributed by atoms with Crippen LogP contribution in [-0.2, 0) is 12.7 Å². The standard InChI is InChI=1S/C26H26ClF6N11O/c1-2-43-12-14(7-39-43)19-10-35-20(11-34-19)44(24(45)37-13-25(28,29)30)16-5-3-15(4-6-16)40-23-36-8-17(26(31,32)33)21(41-23)22-18(27)9-38-42-22/h7-12,15-16H,2-6,13H2,1H3,(H,37,45)(H,38,42)(H,36,40,41). The van der Waals surface area contributed by atoms with Gasteiger partial charge in [0, 0.05) is 42.8 Å². The first kappa shape index (κ1) is 31.9. The molecule has 12 nitrogen and oxygen atoms in total. The van der Waals surface area contributed by atoms with Gasteiger partial charge in [0.25, 0.3) is 0 Å². The van der Waals surface area contributed by atoms with E-state index >= 15 is 0 Å². The summed E-state index contributed by atoms with van der Waals surface area (Å²) in [4.78, 5) is 30.7. The van der Waals surface area contributed by atoms with Gasteiger partial charge in [0.15, 0.2) is 5.82 Å². The van der Waals surface area contributed by atoms with Crippen LogP contribution in [0, 0.1) is 0 Å². The van der Waals surface area contributed by atoms with E-state index in [4.69, 9.17) is 11.6 Å². The summed E-state index contributed by atoms with van der Waals surface area (Å²) in [5, 5.41) is 15.2. The van der Waals surface area contributed by atoms with Gasteiger partial charge in [-0.25, -0.2) is 19.7 Å². The van der Waals surface area contributed by atoms with E-state index in [1.807, 2.05) is 12.2 Å². The average Bonchev–Trinajstić information content (AvgIpc) is 3.66. The lowest BCUT2D eigenvalue weighted by atomic mass is 9.90. The van der Waals surface area contributed by atoms with Crippen molar-refractivity contribution in [3.8, 4) is 22.6 Å². The number of carbonyl (C=O) groups is 1. The molecule has 4 aromatic heterocycles. The fourth-order valence-electron chi connectivity index (χ4n) is 4.92. The Bertz CT molecular complexity index is 1610. The van der Waals surface area contributed by atoms with E-state index in [2.05, 4.69) is 40.5 Å². The van der Waals surface area contributed by atoms with Crippen molar-refractivity contribution >= 4 is 29.4 Å². The predicted octanol–water partition coefficient (Wildman–Crippen LogP) is 5.71. The first-order chi connectivity index (χ1) is 21.3. The van der Waals surface area contributed by atoms with E-state index in [9.17, 15) is 31.1 Å². The van der Waals surface area contributed by atoms with E-state index in [0.717, 1.165) is 4.90 Å². The van der Waals surface area contributed by atoms with Gasteiger partial charge in [-0.05, 0) is 32.6 Å². The van der Waals surface area contributed by atoms with Crippen LogP contribution in [0.25, 0.3) is 22.6 Å². The van der Waals surface area contributed by atoms with Crippen LogP contribution < -0.4 is 15.5 Å². The maximum atomic E-state index is 13.6. The quantitative estimate of drug-likeness (QED) is 0.205. The lowest BCUT2D eigenvalue weighted by molar-refractivity contribution is -0.137. The zero-order valence-corrected chi connectivity index (χ0v) is 24.2. The Labute approximate surface area is 256 Å². The molecule has 1 aliphatic carbocycles. The van der Waals surface area contributed by atoms with Crippen molar-refractivity contribution in [1.82, 2.24) is 45.2 Å². The maximum Gasteiger partial charge on any atom is 0.420 e. The number of anilines is 2. The number of nitrogens with one attached hydrogen (secondary N) is 3. The van der Waals surface area contributed by atoms with Gasteiger partial charge >= 0.3 is 18.4 Å². The van der Waals surface area contributed by atoms with Crippen LogP contribution in [0.4, 0.5) is 42.9 Å². The Kier molecular flexibility index (Phi) is 9.13. The first-order valence-electron chi connectivity index (χ1n) is 13.7.